The molecule has 6 heterocycles. The Morgan fingerprint density at radius 3 is 1.45 bits per heavy atom. The lowest BCUT2D eigenvalue weighted by atomic mass is 10.1. The zero-order valence-corrected chi connectivity index (χ0v) is 24.9. The fraction of sp³-hybridized carbons (Fsp3) is 0. The van der Waals surface area contributed by atoms with Gasteiger partial charge in [0.05, 0.1) is 11.2 Å². The van der Waals surface area contributed by atoms with Crippen molar-refractivity contribution in [1.82, 2.24) is 55.3 Å². The van der Waals surface area contributed by atoms with Crippen molar-refractivity contribution in [2.45, 2.75) is 0 Å². The van der Waals surface area contributed by atoms with E-state index in [-0.39, 0.29) is 0 Å². The molecule has 0 radical (unpaired) electrons. The summed E-state index contributed by atoms with van der Waals surface area (Å²) in [6.45, 7) is 0. The lowest BCUT2D eigenvalue weighted by molar-refractivity contribution is 0.871. The number of rotatable bonds is 1. The minimum Gasteiger partial charge on any atom is -0.324 e. The number of hydrogen-bond donors (Lipinski definition) is 2. The van der Waals surface area contributed by atoms with Gasteiger partial charge in [-0.1, -0.05) is 103 Å². The number of halogens is 1. The molecule has 0 spiro atoms. The maximum Gasteiger partial charge on any atom is 0.164 e. The molecule has 2 aliphatic heterocycles. The summed E-state index contributed by atoms with van der Waals surface area (Å²) in [5, 5.41) is 15.7. The normalized spacial score (nSPS) is 11.9. The van der Waals surface area contributed by atoms with Gasteiger partial charge in [0.2, 0.25) is 0 Å². The molecule has 0 saturated heterocycles. The molecule has 8 bridgehead atoms. The van der Waals surface area contributed by atoms with E-state index in [4.69, 9.17) is 41.5 Å². The van der Waals surface area contributed by atoms with E-state index < -0.39 is 0 Å². The summed E-state index contributed by atoms with van der Waals surface area (Å²) in [5.41, 5.74) is 7.03. The van der Waals surface area contributed by atoms with Gasteiger partial charge in [0, 0.05) is 49.4 Å². The molecule has 0 saturated carbocycles. The summed E-state index contributed by atoms with van der Waals surface area (Å²) < 4.78 is 0. The molecule has 0 unspecified atom stereocenters. The second-order valence-corrected chi connectivity index (χ2v) is 11.5. The second kappa shape index (κ2) is 9.77. The SMILES string of the molecule is Clc1cnnnc1-c1cccc2c3nc4nc(nc5[nH]c(nc6nc(nc([nH]3)c12)-c1ccccc1-6)c1ccccc51)-c1ccccc1-4. The number of fused-ring (bicyclic) bond motifs is 20. The largest absolute Gasteiger partial charge is 0.324 e. The van der Waals surface area contributed by atoms with Crippen molar-refractivity contribution >= 4 is 55.7 Å². The van der Waals surface area contributed by atoms with Crippen LogP contribution in [-0.4, -0.2) is 55.3 Å². The predicted molar refractivity (Wildman–Crippen MR) is 180 cm³/mol. The van der Waals surface area contributed by atoms with Gasteiger partial charge in [-0.2, -0.15) is 0 Å². The highest BCUT2D eigenvalue weighted by Crippen LogP contribution is 2.39. The van der Waals surface area contributed by atoms with Crippen LogP contribution in [-0.2, 0) is 0 Å². The summed E-state index contributed by atoms with van der Waals surface area (Å²) in [7, 11) is 0. The predicted octanol–water partition coefficient (Wildman–Crippen LogP) is 7.37. The molecule has 0 atom stereocenters. The third-order valence-corrected chi connectivity index (χ3v) is 8.70. The molecule has 47 heavy (non-hydrogen) atoms. The number of nitrogens with zero attached hydrogens (tertiary/aromatic N) is 9. The van der Waals surface area contributed by atoms with Crippen molar-refractivity contribution in [3.8, 4) is 56.8 Å². The van der Waals surface area contributed by atoms with Crippen molar-refractivity contribution in [1.29, 1.82) is 0 Å². The van der Waals surface area contributed by atoms with Gasteiger partial charge in [0.1, 0.15) is 28.3 Å². The average molecular weight is 628 g/mol. The van der Waals surface area contributed by atoms with Crippen LogP contribution in [0.4, 0.5) is 0 Å². The molecule has 0 amide bonds. The molecule has 10 rings (SSSR count). The van der Waals surface area contributed by atoms with E-state index in [2.05, 4.69) is 25.4 Å². The minimum atomic E-state index is 0.363. The molecule has 4 aromatic carbocycles. The standard InChI is InChI=1S/C35H18ClN11/c36-25-16-37-47-46-27(25)23-14-7-15-24-26(23)35-44-33-22-13-6-5-12-21(22)31(42-33)40-29-18-9-2-1-8-17(18)28(38-29)39-30-19-10-3-4-11-20(19)32(41-30)43-34(24)45-35/h1-16H,(H2,38,39,40,41,42,43,44,45). The molecule has 0 fully saturated rings. The zero-order valence-electron chi connectivity index (χ0n) is 24.1. The van der Waals surface area contributed by atoms with Crippen molar-refractivity contribution < 1.29 is 0 Å². The third-order valence-electron chi connectivity index (χ3n) is 8.43. The maximum atomic E-state index is 6.60. The summed E-state index contributed by atoms with van der Waals surface area (Å²) in [6, 6.07) is 29.7. The lowest BCUT2D eigenvalue weighted by Crippen LogP contribution is -1.92. The van der Waals surface area contributed by atoms with E-state index in [0.717, 1.165) is 49.4 Å². The highest BCUT2D eigenvalue weighted by atomic mass is 35.5. The van der Waals surface area contributed by atoms with Gasteiger partial charge in [-0.05, 0) is 5.21 Å². The molecule has 4 aromatic heterocycles. The van der Waals surface area contributed by atoms with Crippen molar-refractivity contribution in [2.75, 3.05) is 0 Å². The van der Waals surface area contributed by atoms with Crippen molar-refractivity contribution in [3.63, 3.8) is 0 Å². The van der Waals surface area contributed by atoms with E-state index in [1.54, 1.807) is 0 Å². The monoisotopic (exact) mass is 627 g/mol. The van der Waals surface area contributed by atoms with Gasteiger partial charge in [-0.25, -0.2) is 29.9 Å². The Morgan fingerprint density at radius 1 is 0.447 bits per heavy atom. The molecule has 2 N–H and O–H groups in total. The molecule has 11 nitrogen and oxygen atoms in total. The molecule has 12 heteroatoms. The molecule has 220 valence electrons. The summed E-state index contributed by atoms with van der Waals surface area (Å²) in [4.78, 5) is 37.1. The Labute approximate surface area is 269 Å². The Balaban J connectivity index is 1.42. The number of hydrogen-bond acceptors (Lipinski definition) is 9. The van der Waals surface area contributed by atoms with Gasteiger partial charge >= 0.3 is 0 Å². The summed E-state index contributed by atoms with van der Waals surface area (Å²) >= 11 is 6.60. The molecule has 2 aliphatic rings. The van der Waals surface area contributed by atoms with Gasteiger partial charge in [0.15, 0.2) is 23.3 Å². The smallest absolute Gasteiger partial charge is 0.164 e. The number of nitrogens with one attached hydrogen (secondary N) is 2. The van der Waals surface area contributed by atoms with Gasteiger partial charge in [0.25, 0.3) is 0 Å². The average Bonchev–Trinajstić information content (AvgIpc) is 3.84. The van der Waals surface area contributed by atoms with Gasteiger partial charge in [-0.3, -0.25) is 0 Å². The van der Waals surface area contributed by atoms with E-state index in [9.17, 15) is 0 Å². The van der Waals surface area contributed by atoms with E-state index in [0.29, 0.717) is 56.6 Å². The Hall–Kier alpha value is -6.46. The highest BCUT2D eigenvalue weighted by Gasteiger charge is 2.23. The fourth-order valence-corrected chi connectivity index (χ4v) is 6.51. The first-order chi connectivity index (χ1) is 23.2. The first kappa shape index (κ1) is 25.8. The Morgan fingerprint density at radius 2 is 0.894 bits per heavy atom. The molecule has 8 aromatic rings. The number of aromatic amines is 2. The van der Waals surface area contributed by atoms with E-state index in [1.165, 1.54) is 6.20 Å². The summed E-state index contributed by atoms with van der Waals surface area (Å²) in [6.07, 6.45) is 1.47. The van der Waals surface area contributed by atoms with Crippen LogP contribution in [0.3, 0.4) is 0 Å². The first-order valence-electron chi connectivity index (χ1n) is 14.8. The quantitative estimate of drug-likeness (QED) is 0.190. The Kier molecular flexibility index (Phi) is 5.37. The third kappa shape index (κ3) is 3.90. The van der Waals surface area contributed by atoms with E-state index >= 15 is 0 Å². The van der Waals surface area contributed by atoms with Crippen molar-refractivity contribution in [3.05, 3.63) is 102 Å². The summed E-state index contributed by atoms with van der Waals surface area (Å²) in [5.74, 6) is 2.11. The molecular weight excluding hydrogens is 610 g/mol. The van der Waals surface area contributed by atoms with Crippen LogP contribution in [0.1, 0.15) is 0 Å². The topological polar surface area (TPSA) is 148 Å². The highest BCUT2D eigenvalue weighted by molar-refractivity contribution is 6.33. The molecule has 0 aliphatic carbocycles. The van der Waals surface area contributed by atoms with Crippen LogP contribution in [0.2, 0.25) is 5.02 Å². The Bertz CT molecular complexity index is 2780. The first-order valence-corrected chi connectivity index (χ1v) is 15.1. The fourth-order valence-electron chi connectivity index (χ4n) is 6.33. The number of aromatic nitrogens is 11. The number of benzene rings is 4. The molecular formula is C35H18ClN11. The maximum absolute atomic E-state index is 6.60. The van der Waals surface area contributed by atoms with Crippen LogP contribution >= 0.6 is 11.6 Å². The van der Waals surface area contributed by atoms with Gasteiger partial charge < -0.3 is 9.97 Å². The van der Waals surface area contributed by atoms with Crippen LogP contribution in [0, 0.1) is 0 Å². The van der Waals surface area contributed by atoms with Gasteiger partial charge in [-0.15, -0.1) is 10.2 Å². The number of H-pyrrole nitrogens is 2. The second-order valence-electron chi connectivity index (χ2n) is 11.1. The lowest BCUT2D eigenvalue weighted by Gasteiger charge is -2.03. The van der Waals surface area contributed by atoms with Crippen LogP contribution < -0.4 is 0 Å². The zero-order chi connectivity index (χ0) is 31.1. The van der Waals surface area contributed by atoms with Crippen LogP contribution in [0.25, 0.3) is 101 Å². The van der Waals surface area contributed by atoms with Crippen LogP contribution in [0.5, 0.6) is 0 Å². The van der Waals surface area contributed by atoms with Crippen molar-refractivity contribution in [2.24, 2.45) is 0 Å². The minimum absolute atomic E-state index is 0.363. The van der Waals surface area contributed by atoms with E-state index in [1.807, 2.05) is 91.0 Å². The van der Waals surface area contributed by atoms with Crippen LogP contribution in [0.15, 0.2) is 97.2 Å².